The molecule has 1 amide bonds. The van der Waals surface area contributed by atoms with Gasteiger partial charge >= 0.3 is 21.7 Å². The lowest BCUT2D eigenvalue weighted by Crippen LogP contribution is -2.61. The maximum Gasteiger partial charge on any atom is 0.522 e. The highest BCUT2D eigenvalue weighted by atomic mass is 32.2. The average molecular weight is 1750 g/mol. The molecule has 20 aliphatic heterocycles. The van der Waals surface area contributed by atoms with Crippen LogP contribution < -0.4 is 11.1 Å². The first kappa shape index (κ1) is 91.1. The molecule has 27 nitrogen and oxygen atoms in total. The van der Waals surface area contributed by atoms with Gasteiger partial charge in [0.15, 0.2) is 11.6 Å². The van der Waals surface area contributed by atoms with E-state index in [1.807, 2.05) is 0 Å². The van der Waals surface area contributed by atoms with E-state index in [4.69, 9.17) is 86.3 Å². The molecule has 32 heteroatoms. The molecule has 121 heavy (non-hydrogen) atoms. The van der Waals surface area contributed by atoms with Crippen LogP contribution in [0.4, 0.5) is 18.0 Å². The first-order valence-corrected chi connectivity index (χ1v) is 50.3. The van der Waals surface area contributed by atoms with Gasteiger partial charge in [-0.15, -0.1) is 0 Å². The fourth-order valence-electron chi connectivity index (χ4n) is 23.4. The second-order valence-electron chi connectivity index (χ2n) is 40.9. The van der Waals surface area contributed by atoms with E-state index >= 15 is 0 Å². The third kappa shape index (κ3) is 19.9. The molecule has 20 heterocycles. The van der Waals surface area contributed by atoms with Gasteiger partial charge in [0.05, 0.1) is 122 Å². The van der Waals surface area contributed by atoms with E-state index in [1.54, 1.807) is 20.8 Å². The number of rotatable bonds is 9. The van der Waals surface area contributed by atoms with Crippen LogP contribution in [0.3, 0.4) is 0 Å². The zero-order valence-corrected chi connectivity index (χ0v) is 74.1. The van der Waals surface area contributed by atoms with Crippen molar-refractivity contribution in [1.29, 1.82) is 0 Å². The van der Waals surface area contributed by atoms with Gasteiger partial charge in [-0.25, -0.2) is 4.79 Å². The Morgan fingerprint density at radius 1 is 0.496 bits per heavy atom. The Bertz CT molecular complexity index is 3890. The van der Waals surface area contributed by atoms with Gasteiger partial charge < -0.3 is 106 Å². The number of fused-ring (bicyclic) bond motifs is 12. The molecular weight excluding hydrogens is 1610 g/mol. The van der Waals surface area contributed by atoms with Gasteiger partial charge in [-0.3, -0.25) is 9.59 Å². The van der Waals surface area contributed by atoms with Gasteiger partial charge in [0.2, 0.25) is 8.32 Å². The SMILES string of the molecule is C=C1C[C@@H]2CC[C@@]34C[C@H]5O[C@H]6C(O3)[C@H]3O[C@H](CC[C@@H]3O[C@H]6[C@H]5O4)CC(=O)C[C@@H]3[C@@H](C)[C@@H](C[C@H](O)CN)O[C@H]3CC3O[C@@H](CCC1O2)C[C@@H](C)C3=C.C=C1C[C@@H]2CC[C@@]34C[C@H]5O[C@H]6C(O3)[C@H]3O[C@H](CC[C@@H]3O[C@H]6[C@H]5O4)CC(=O)C[C@@H]3[C@@H](C)[C@@H](C[C@H](O)CNC(=O)OC(C)(C)C)O[C@H]3CC3O[C@@H](CCC1O2)C[C@@H](C)C3=C.C[Si](C)(C)OS(=O)(=O)C(F)(F)F. The molecular formula is C89H135F3N2O25SSi. The van der Waals surface area contributed by atoms with Crippen LogP contribution in [-0.2, 0) is 104 Å². The molecule has 20 fully saturated rings. The van der Waals surface area contributed by atoms with Crippen molar-refractivity contribution in [3.05, 3.63) is 48.6 Å². The molecule has 0 aromatic rings. The lowest BCUT2D eigenvalue weighted by atomic mass is 9.78. The highest BCUT2D eigenvalue weighted by Crippen LogP contribution is 2.58. The van der Waals surface area contributed by atoms with E-state index < -0.39 is 59.4 Å². The molecule has 0 radical (unpaired) electrons. The summed E-state index contributed by atoms with van der Waals surface area (Å²) in [7, 11) is -8.10. The van der Waals surface area contributed by atoms with Gasteiger partial charge in [0.1, 0.15) is 78.2 Å². The number of Topliss-reactive ketones (excluding diaryl/α,β-unsaturated/α-hetero) is 2. The van der Waals surface area contributed by atoms with Crippen LogP contribution in [0.5, 0.6) is 0 Å². The van der Waals surface area contributed by atoms with Crippen LogP contribution in [0.1, 0.15) is 215 Å². The number of aliphatic hydroxyl groups is 2. The Kier molecular flexibility index (Phi) is 27.0. The third-order valence-electron chi connectivity index (χ3n) is 29.6. The van der Waals surface area contributed by atoms with Gasteiger partial charge in [0, 0.05) is 90.1 Å². The second-order valence-corrected chi connectivity index (χ2v) is 47.2. The standard InChI is InChI=1S/C45H67NO12.C40H59NO10.C4H9F3O3SSi/c1-22-14-28-8-10-32-23(2)15-30(50-32)12-13-45-20-37-39(56-45)40-41(55-37)42(57-45)38-33(54-40)11-9-29(52-38)16-26(47)17-31-25(4)34(53-36(31)19-35(51-28)24(22)3)18-27(48)21-46-43(49)58-44(5,6)7;1-19-11-25-5-7-29-20(2)12-27(44-29)9-10-40-17-34-36(50-40)37-38(49-34)39(51-40)35-30(48-37)8-6-26(46-35)13-23(42)14-28-22(4)31(15-24(43)18-41)47-33(28)16-32(45-25)21(19)3;1-12(2,3)10-11(8,9)4(5,6)7/h22,25,27-42,48H,2-3,8-21H2,1,4-7H3,(H,46,49);19,22,24-39,43H,2-3,5-18,41H2,1,4H3;1-3H3/t22-,25-,27+,28+,29-,30+,31-,32?,33+,34-,35?,36+,37-,38+,39+,40+,41-,42?,45+;19-,22-,24+,25+,26-,27+,28-,29?,30+,31-,32?,33+,34-,35+,36+,37+,38-,39?,40+;/m11./s1. The number of carbonyl (C=O) groups excluding carboxylic acids is 3. The van der Waals surface area contributed by atoms with Crippen molar-refractivity contribution in [2.45, 2.75) is 441 Å². The Morgan fingerprint density at radius 2 is 0.893 bits per heavy atom. The fraction of sp³-hybridized carbons (Fsp3) is 0.876. The minimum Gasteiger partial charge on any atom is -0.444 e. The molecule has 0 saturated carbocycles. The number of nitrogens with two attached hydrogens (primary N) is 1. The summed E-state index contributed by atoms with van der Waals surface area (Å²) in [6.07, 6.45) is 10.9. The van der Waals surface area contributed by atoms with Crippen LogP contribution in [0.2, 0.25) is 19.6 Å². The van der Waals surface area contributed by atoms with E-state index in [2.05, 4.69) is 63.2 Å². The minimum absolute atomic E-state index is 0.00127. The summed E-state index contributed by atoms with van der Waals surface area (Å²) in [4.78, 5) is 40.5. The molecule has 5 N–H and O–H groups in total. The first-order valence-electron chi connectivity index (χ1n) is 45.5. The van der Waals surface area contributed by atoms with Crippen molar-refractivity contribution in [2.75, 3.05) is 13.1 Å². The summed E-state index contributed by atoms with van der Waals surface area (Å²) in [6.45, 7) is 36.3. The van der Waals surface area contributed by atoms with Crippen LogP contribution in [0.15, 0.2) is 48.6 Å². The lowest BCUT2D eigenvalue weighted by Gasteiger charge is -2.47. The zero-order valence-electron chi connectivity index (χ0n) is 72.3. The molecule has 38 atom stereocenters. The maximum absolute atomic E-state index is 14.2. The summed E-state index contributed by atoms with van der Waals surface area (Å²) in [5.74, 6) is -0.752. The number of aliphatic hydroxyl groups excluding tert-OH is 2. The molecule has 682 valence electrons. The predicted octanol–water partition coefficient (Wildman–Crippen LogP) is 11.4. The van der Waals surface area contributed by atoms with Crippen molar-refractivity contribution in [2.24, 2.45) is 41.2 Å². The number of alkyl carbamates (subject to hydrolysis) is 1. The highest BCUT2D eigenvalue weighted by molar-refractivity contribution is 7.88. The van der Waals surface area contributed by atoms with Crippen molar-refractivity contribution in [3.8, 4) is 0 Å². The van der Waals surface area contributed by atoms with Crippen molar-refractivity contribution in [3.63, 3.8) is 0 Å². The predicted molar refractivity (Wildman–Crippen MR) is 434 cm³/mol. The number of hydrogen-bond donors (Lipinski definition) is 4. The second kappa shape index (κ2) is 35.9. The number of nitrogens with one attached hydrogen (secondary N) is 1. The van der Waals surface area contributed by atoms with Crippen molar-refractivity contribution >= 4 is 36.1 Å². The van der Waals surface area contributed by atoms with Gasteiger partial charge in [-0.1, -0.05) is 54.0 Å². The maximum atomic E-state index is 14.2. The van der Waals surface area contributed by atoms with Crippen LogP contribution in [0, 0.1) is 35.5 Å². The molecule has 20 rings (SSSR count). The minimum atomic E-state index is -5.39. The van der Waals surface area contributed by atoms with E-state index in [9.17, 15) is 46.2 Å². The summed E-state index contributed by atoms with van der Waals surface area (Å²) in [5.41, 5.74) is 4.29. The Labute approximate surface area is 712 Å². The molecule has 24 bridgehead atoms. The first-order chi connectivity index (χ1) is 57.1. The van der Waals surface area contributed by atoms with E-state index in [1.165, 1.54) is 19.6 Å². The summed E-state index contributed by atoms with van der Waals surface area (Å²) in [5, 5.41) is 24.3. The van der Waals surface area contributed by atoms with Crippen molar-refractivity contribution < 1.29 is 131 Å². The van der Waals surface area contributed by atoms with Crippen LogP contribution >= 0.6 is 0 Å². The molecule has 0 aromatic carbocycles. The molecule has 2 spiro atoms. The fourth-order valence-corrected chi connectivity index (χ4v) is 26.4. The number of alkyl halides is 3. The average Bonchev–Trinajstić information content (AvgIpc) is 1.55. The number of halogens is 3. The van der Waals surface area contributed by atoms with Crippen molar-refractivity contribution in [1.82, 2.24) is 5.32 Å². The Hall–Kier alpha value is -3.27. The molecule has 0 aromatic heterocycles. The Balaban J connectivity index is 0.000000159. The normalized spacial score (nSPS) is 47.0. The number of amides is 1. The molecule has 20 aliphatic rings. The van der Waals surface area contributed by atoms with Crippen LogP contribution in [-0.4, -0.2) is 264 Å². The zero-order chi connectivity index (χ0) is 86.1. The summed E-state index contributed by atoms with van der Waals surface area (Å²) < 4.78 is 173. The third-order valence-corrected chi connectivity index (χ3v) is 33.1. The number of ether oxygens (including phenoxy) is 17. The van der Waals surface area contributed by atoms with E-state index in [-0.39, 0.29) is 232 Å². The summed E-state index contributed by atoms with van der Waals surface area (Å²) >= 11 is 0. The highest BCUT2D eigenvalue weighted by Gasteiger charge is 2.71. The van der Waals surface area contributed by atoms with Gasteiger partial charge in [-0.05, 0) is 188 Å². The molecule has 6 unspecified atom stereocenters. The number of carbonyl (C=O) groups is 3. The van der Waals surface area contributed by atoms with Crippen LogP contribution in [0.25, 0.3) is 0 Å². The molecule has 20 saturated heterocycles. The number of hydrogen-bond acceptors (Lipinski definition) is 26. The number of ketones is 2. The van der Waals surface area contributed by atoms with Gasteiger partial charge in [0.25, 0.3) is 0 Å². The topological polar surface area (TPSA) is 330 Å². The lowest BCUT2D eigenvalue weighted by molar-refractivity contribution is -0.292. The van der Waals surface area contributed by atoms with E-state index in [0.717, 1.165) is 112 Å². The van der Waals surface area contributed by atoms with E-state index in [0.29, 0.717) is 76.5 Å². The molecule has 0 aliphatic carbocycles. The monoisotopic (exact) mass is 1750 g/mol. The quantitative estimate of drug-likeness (QED) is 0.0946. The smallest absolute Gasteiger partial charge is 0.444 e. The summed E-state index contributed by atoms with van der Waals surface area (Å²) in [6, 6.07) is 0. The largest absolute Gasteiger partial charge is 0.522 e. The van der Waals surface area contributed by atoms with Gasteiger partial charge in [-0.2, -0.15) is 21.6 Å². The Morgan fingerprint density at radius 3 is 1.31 bits per heavy atom.